The van der Waals surface area contributed by atoms with Crippen molar-refractivity contribution >= 4 is 23.0 Å². The van der Waals surface area contributed by atoms with E-state index in [0.29, 0.717) is 0 Å². The van der Waals surface area contributed by atoms with Crippen molar-refractivity contribution in [2.75, 3.05) is 29.6 Å². The van der Waals surface area contributed by atoms with Crippen LogP contribution in [0.25, 0.3) is 0 Å². The predicted octanol–water partition coefficient (Wildman–Crippen LogP) is 3.32. The Kier molecular flexibility index (Phi) is 4.82. The summed E-state index contributed by atoms with van der Waals surface area (Å²) >= 11 is 0. The van der Waals surface area contributed by atoms with Crippen molar-refractivity contribution in [1.29, 1.82) is 0 Å². The number of benzene rings is 2. The highest BCUT2D eigenvalue weighted by Crippen LogP contribution is 2.17. The second-order valence-corrected chi connectivity index (χ2v) is 5.17. The lowest BCUT2D eigenvalue weighted by molar-refractivity contribution is -0.114. The Morgan fingerprint density at radius 1 is 0.952 bits per heavy atom. The molecule has 0 unspecified atom stereocenters. The molecule has 0 atom stereocenters. The van der Waals surface area contributed by atoms with Gasteiger partial charge in [0, 0.05) is 44.6 Å². The second kappa shape index (κ2) is 6.79. The summed E-state index contributed by atoms with van der Waals surface area (Å²) in [4.78, 5) is 13.0. The van der Waals surface area contributed by atoms with Gasteiger partial charge in [0.2, 0.25) is 5.91 Å². The van der Waals surface area contributed by atoms with Gasteiger partial charge < -0.3 is 15.5 Å². The van der Waals surface area contributed by atoms with E-state index in [2.05, 4.69) is 39.8 Å². The van der Waals surface area contributed by atoms with Gasteiger partial charge in [0.1, 0.15) is 0 Å². The minimum Gasteiger partial charge on any atom is -0.381 e. The fourth-order valence-electron chi connectivity index (χ4n) is 1.99. The van der Waals surface area contributed by atoms with Crippen LogP contribution < -0.4 is 15.5 Å². The summed E-state index contributed by atoms with van der Waals surface area (Å²) in [6, 6.07) is 16.1. The molecule has 2 N–H and O–H groups in total. The molecule has 0 aliphatic rings. The molecule has 4 nitrogen and oxygen atoms in total. The summed E-state index contributed by atoms with van der Waals surface area (Å²) < 4.78 is 0. The lowest BCUT2D eigenvalue weighted by atomic mass is 10.2. The van der Waals surface area contributed by atoms with Gasteiger partial charge in [0.25, 0.3) is 0 Å². The van der Waals surface area contributed by atoms with Crippen molar-refractivity contribution in [3.63, 3.8) is 0 Å². The third-order valence-corrected chi connectivity index (χ3v) is 3.15. The van der Waals surface area contributed by atoms with E-state index in [4.69, 9.17) is 0 Å². The van der Waals surface area contributed by atoms with Crippen molar-refractivity contribution in [1.82, 2.24) is 0 Å². The number of hydrogen-bond acceptors (Lipinski definition) is 3. The van der Waals surface area contributed by atoms with Crippen LogP contribution in [0.5, 0.6) is 0 Å². The summed E-state index contributed by atoms with van der Waals surface area (Å²) in [5.74, 6) is -0.0538. The Hall–Kier alpha value is -2.49. The molecular formula is C17H21N3O. The molecule has 21 heavy (non-hydrogen) atoms. The van der Waals surface area contributed by atoms with Gasteiger partial charge in [-0.15, -0.1) is 0 Å². The number of anilines is 3. The van der Waals surface area contributed by atoms with Crippen LogP contribution >= 0.6 is 0 Å². The van der Waals surface area contributed by atoms with Crippen molar-refractivity contribution < 1.29 is 4.79 Å². The first kappa shape index (κ1) is 14.9. The zero-order chi connectivity index (χ0) is 15.2. The minimum absolute atomic E-state index is 0.0538. The highest BCUT2D eigenvalue weighted by molar-refractivity contribution is 5.88. The maximum atomic E-state index is 11.0. The van der Waals surface area contributed by atoms with Crippen LogP contribution in [-0.2, 0) is 11.3 Å². The van der Waals surface area contributed by atoms with Gasteiger partial charge in [-0.1, -0.05) is 12.1 Å². The van der Waals surface area contributed by atoms with Crippen LogP contribution in [0.3, 0.4) is 0 Å². The first-order chi connectivity index (χ1) is 10.0. The molecule has 2 rings (SSSR count). The molecule has 2 aromatic carbocycles. The number of nitrogens with one attached hydrogen (secondary N) is 2. The highest BCUT2D eigenvalue weighted by Gasteiger charge is 1.98. The van der Waals surface area contributed by atoms with E-state index < -0.39 is 0 Å². The van der Waals surface area contributed by atoms with Crippen molar-refractivity contribution in [2.24, 2.45) is 0 Å². The Balaban J connectivity index is 1.91. The normalized spacial score (nSPS) is 10.0. The molecule has 110 valence electrons. The zero-order valence-corrected chi connectivity index (χ0v) is 12.7. The SMILES string of the molecule is CC(=O)Nc1ccc(CNc2ccc(N(C)C)cc2)cc1. The number of amides is 1. The van der Waals surface area contributed by atoms with Gasteiger partial charge in [-0.2, -0.15) is 0 Å². The smallest absolute Gasteiger partial charge is 0.221 e. The van der Waals surface area contributed by atoms with Crippen LogP contribution in [-0.4, -0.2) is 20.0 Å². The van der Waals surface area contributed by atoms with Crippen LogP contribution in [0.4, 0.5) is 17.1 Å². The van der Waals surface area contributed by atoms with Crippen LogP contribution in [0.15, 0.2) is 48.5 Å². The minimum atomic E-state index is -0.0538. The van der Waals surface area contributed by atoms with E-state index >= 15 is 0 Å². The lowest BCUT2D eigenvalue weighted by Gasteiger charge is -2.13. The first-order valence-electron chi connectivity index (χ1n) is 6.92. The molecule has 0 aliphatic heterocycles. The Morgan fingerprint density at radius 3 is 2.05 bits per heavy atom. The van der Waals surface area contributed by atoms with E-state index in [9.17, 15) is 4.79 Å². The number of hydrogen-bond donors (Lipinski definition) is 2. The zero-order valence-electron chi connectivity index (χ0n) is 12.7. The standard InChI is InChI=1S/C17H21N3O/c1-13(21)19-16-6-4-14(5-7-16)12-18-15-8-10-17(11-9-15)20(2)3/h4-11,18H,12H2,1-3H3,(H,19,21). The highest BCUT2D eigenvalue weighted by atomic mass is 16.1. The van der Waals surface area contributed by atoms with Gasteiger partial charge in [-0.25, -0.2) is 0 Å². The molecule has 4 heteroatoms. The molecule has 1 amide bonds. The van der Waals surface area contributed by atoms with Gasteiger partial charge in [-0.05, 0) is 42.0 Å². The van der Waals surface area contributed by atoms with Gasteiger partial charge >= 0.3 is 0 Å². The van der Waals surface area contributed by atoms with Gasteiger partial charge in [0.05, 0.1) is 0 Å². The maximum Gasteiger partial charge on any atom is 0.221 e. The van der Waals surface area contributed by atoms with Crippen molar-refractivity contribution in [2.45, 2.75) is 13.5 Å². The molecular weight excluding hydrogens is 262 g/mol. The molecule has 0 aromatic heterocycles. The number of rotatable bonds is 5. The predicted molar refractivity (Wildman–Crippen MR) is 88.8 cm³/mol. The fraction of sp³-hybridized carbons (Fsp3) is 0.235. The number of nitrogens with zero attached hydrogens (tertiary/aromatic N) is 1. The van der Waals surface area contributed by atoms with E-state index in [0.717, 1.165) is 17.9 Å². The summed E-state index contributed by atoms with van der Waals surface area (Å²) in [5, 5.41) is 6.14. The van der Waals surface area contributed by atoms with Crippen molar-refractivity contribution in [3.8, 4) is 0 Å². The van der Waals surface area contributed by atoms with E-state index in [1.807, 2.05) is 38.4 Å². The fourth-order valence-corrected chi connectivity index (χ4v) is 1.99. The number of carbonyl (C=O) groups is 1. The third kappa shape index (κ3) is 4.53. The first-order valence-corrected chi connectivity index (χ1v) is 6.92. The van der Waals surface area contributed by atoms with Gasteiger partial charge in [-0.3, -0.25) is 4.79 Å². The van der Waals surface area contributed by atoms with Crippen LogP contribution in [0.2, 0.25) is 0 Å². The summed E-state index contributed by atoms with van der Waals surface area (Å²) in [6.45, 7) is 2.26. The van der Waals surface area contributed by atoms with E-state index in [1.165, 1.54) is 18.2 Å². The van der Waals surface area contributed by atoms with E-state index in [1.54, 1.807) is 0 Å². The lowest BCUT2D eigenvalue weighted by Crippen LogP contribution is -2.08. The summed E-state index contributed by atoms with van der Waals surface area (Å²) in [6.07, 6.45) is 0. The average Bonchev–Trinajstić information content (AvgIpc) is 2.46. The Bertz CT molecular complexity index is 588. The number of carbonyl (C=O) groups excluding carboxylic acids is 1. The average molecular weight is 283 g/mol. The van der Waals surface area contributed by atoms with Crippen LogP contribution in [0, 0.1) is 0 Å². The second-order valence-electron chi connectivity index (χ2n) is 5.17. The molecule has 0 bridgehead atoms. The summed E-state index contributed by atoms with van der Waals surface area (Å²) in [5.41, 5.74) is 4.26. The van der Waals surface area contributed by atoms with Gasteiger partial charge in [0.15, 0.2) is 0 Å². The Morgan fingerprint density at radius 2 is 1.52 bits per heavy atom. The maximum absolute atomic E-state index is 11.0. The molecule has 0 heterocycles. The molecule has 0 spiro atoms. The van der Waals surface area contributed by atoms with E-state index in [-0.39, 0.29) is 5.91 Å². The molecule has 0 fully saturated rings. The molecule has 2 aromatic rings. The van der Waals surface area contributed by atoms with Crippen LogP contribution in [0.1, 0.15) is 12.5 Å². The quantitative estimate of drug-likeness (QED) is 0.884. The third-order valence-electron chi connectivity index (χ3n) is 3.15. The molecule has 0 saturated carbocycles. The molecule has 0 aliphatic carbocycles. The van der Waals surface area contributed by atoms with Crippen molar-refractivity contribution in [3.05, 3.63) is 54.1 Å². The molecule has 0 saturated heterocycles. The molecule has 0 radical (unpaired) electrons. The monoisotopic (exact) mass is 283 g/mol. The summed E-state index contributed by atoms with van der Waals surface area (Å²) in [7, 11) is 4.05. The topological polar surface area (TPSA) is 44.4 Å². The Labute approximate surface area is 125 Å². The largest absolute Gasteiger partial charge is 0.381 e.